The van der Waals surface area contributed by atoms with E-state index in [1.54, 1.807) is 25.1 Å². The lowest BCUT2D eigenvalue weighted by atomic mass is 10.1. The molecule has 1 atom stereocenters. The van der Waals surface area contributed by atoms with Crippen LogP contribution in [0.1, 0.15) is 23.7 Å². The third-order valence-corrected chi connectivity index (χ3v) is 4.29. The zero-order valence-corrected chi connectivity index (χ0v) is 14.6. The maximum Gasteiger partial charge on any atom is 0.573 e. The van der Waals surface area contributed by atoms with Crippen LogP contribution in [0, 0.1) is 0 Å². The standard InChI is InChI=1S/C19H19F3N2O3/c1-18(26)10-11-24(12-18)16-5-3-2-4-15(16)17(25)23-13-6-8-14(9-7-13)27-19(20,21)22/h2-9,26H,10-12H2,1H3,(H,23,25). The van der Waals surface area contributed by atoms with Crippen molar-refractivity contribution in [2.75, 3.05) is 23.3 Å². The van der Waals surface area contributed by atoms with Crippen LogP contribution in [-0.4, -0.2) is 36.1 Å². The van der Waals surface area contributed by atoms with Crippen LogP contribution in [0.2, 0.25) is 0 Å². The minimum absolute atomic E-state index is 0.345. The lowest BCUT2D eigenvalue weighted by molar-refractivity contribution is -0.274. The first kappa shape index (κ1) is 19.0. The second-order valence-corrected chi connectivity index (χ2v) is 6.71. The summed E-state index contributed by atoms with van der Waals surface area (Å²) in [5.41, 5.74) is 0.658. The van der Waals surface area contributed by atoms with Crippen molar-refractivity contribution in [2.45, 2.75) is 25.3 Å². The van der Waals surface area contributed by atoms with Crippen LogP contribution in [0.25, 0.3) is 0 Å². The molecule has 1 heterocycles. The molecule has 8 heteroatoms. The number of amides is 1. The molecule has 0 spiro atoms. The van der Waals surface area contributed by atoms with Gasteiger partial charge in [-0.2, -0.15) is 0 Å². The molecule has 1 unspecified atom stereocenters. The molecule has 0 radical (unpaired) electrons. The highest BCUT2D eigenvalue weighted by Crippen LogP contribution is 2.30. The Labute approximate surface area is 154 Å². The van der Waals surface area contributed by atoms with Crippen LogP contribution in [0.4, 0.5) is 24.5 Å². The van der Waals surface area contributed by atoms with Gasteiger partial charge in [-0.25, -0.2) is 0 Å². The fourth-order valence-electron chi connectivity index (χ4n) is 3.03. The van der Waals surface area contributed by atoms with Gasteiger partial charge in [0.25, 0.3) is 5.91 Å². The molecule has 5 nitrogen and oxygen atoms in total. The van der Waals surface area contributed by atoms with Crippen molar-refractivity contribution >= 4 is 17.3 Å². The van der Waals surface area contributed by atoms with Gasteiger partial charge < -0.3 is 20.1 Å². The number of nitrogens with zero attached hydrogens (tertiary/aromatic N) is 1. The molecule has 144 valence electrons. The average Bonchev–Trinajstić information content (AvgIpc) is 2.95. The number of hydrogen-bond donors (Lipinski definition) is 2. The van der Waals surface area contributed by atoms with Gasteiger partial charge >= 0.3 is 6.36 Å². The fourth-order valence-corrected chi connectivity index (χ4v) is 3.03. The Morgan fingerprint density at radius 1 is 1.19 bits per heavy atom. The maximum absolute atomic E-state index is 12.7. The lowest BCUT2D eigenvalue weighted by Crippen LogP contribution is -2.30. The van der Waals surface area contributed by atoms with Gasteiger partial charge in [-0.15, -0.1) is 13.2 Å². The summed E-state index contributed by atoms with van der Waals surface area (Å²) in [6.07, 6.45) is -4.16. The number of para-hydroxylation sites is 1. The normalized spacial score (nSPS) is 19.8. The molecule has 1 saturated heterocycles. The topological polar surface area (TPSA) is 61.8 Å². The van der Waals surface area contributed by atoms with E-state index >= 15 is 0 Å². The SMILES string of the molecule is CC1(O)CCN(c2ccccc2C(=O)Nc2ccc(OC(F)(F)F)cc2)C1. The van der Waals surface area contributed by atoms with Crippen molar-refractivity contribution in [3.05, 3.63) is 54.1 Å². The number of nitrogens with one attached hydrogen (secondary N) is 1. The highest BCUT2D eigenvalue weighted by molar-refractivity contribution is 6.08. The lowest BCUT2D eigenvalue weighted by Gasteiger charge is -2.23. The van der Waals surface area contributed by atoms with Crippen molar-refractivity contribution in [3.63, 3.8) is 0 Å². The molecule has 1 aliphatic heterocycles. The predicted molar refractivity (Wildman–Crippen MR) is 95.0 cm³/mol. The summed E-state index contributed by atoms with van der Waals surface area (Å²) in [5, 5.41) is 12.8. The number of carbonyl (C=O) groups excluding carboxylic acids is 1. The van der Waals surface area contributed by atoms with E-state index in [0.29, 0.717) is 36.4 Å². The van der Waals surface area contributed by atoms with E-state index in [0.717, 1.165) is 12.1 Å². The Bertz CT molecular complexity index is 820. The van der Waals surface area contributed by atoms with Crippen molar-refractivity contribution in [1.82, 2.24) is 0 Å². The first-order chi connectivity index (χ1) is 12.6. The molecule has 2 N–H and O–H groups in total. The molecule has 0 aliphatic carbocycles. The highest BCUT2D eigenvalue weighted by atomic mass is 19.4. The van der Waals surface area contributed by atoms with E-state index in [1.807, 2.05) is 11.0 Å². The molecule has 1 fully saturated rings. The smallest absolute Gasteiger partial charge is 0.406 e. The molecule has 2 aromatic carbocycles. The Kier molecular flexibility index (Phi) is 5.01. The summed E-state index contributed by atoms with van der Waals surface area (Å²) < 4.78 is 40.4. The molecule has 27 heavy (non-hydrogen) atoms. The number of carbonyl (C=O) groups is 1. The van der Waals surface area contributed by atoms with E-state index in [-0.39, 0.29) is 11.7 Å². The van der Waals surface area contributed by atoms with Gasteiger partial charge in [0.1, 0.15) is 5.75 Å². The third-order valence-electron chi connectivity index (χ3n) is 4.29. The van der Waals surface area contributed by atoms with Gasteiger partial charge in [-0.05, 0) is 49.7 Å². The van der Waals surface area contributed by atoms with Crippen molar-refractivity contribution in [1.29, 1.82) is 0 Å². The highest BCUT2D eigenvalue weighted by Gasteiger charge is 2.33. The molecule has 1 amide bonds. The first-order valence-corrected chi connectivity index (χ1v) is 8.36. The maximum atomic E-state index is 12.7. The number of alkyl halides is 3. The van der Waals surface area contributed by atoms with E-state index in [4.69, 9.17) is 0 Å². The Balaban J connectivity index is 1.74. The molecular weight excluding hydrogens is 361 g/mol. The second kappa shape index (κ2) is 7.11. The third kappa shape index (κ3) is 4.91. The van der Waals surface area contributed by atoms with Gasteiger partial charge in [-0.3, -0.25) is 4.79 Å². The fraction of sp³-hybridized carbons (Fsp3) is 0.316. The molecule has 3 rings (SSSR count). The quantitative estimate of drug-likeness (QED) is 0.847. The van der Waals surface area contributed by atoms with Crippen LogP contribution in [0.3, 0.4) is 0 Å². The second-order valence-electron chi connectivity index (χ2n) is 6.71. The van der Waals surface area contributed by atoms with Crippen molar-refractivity contribution < 1.29 is 27.8 Å². The monoisotopic (exact) mass is 380 g/mol. The van der Waals surface area contributed by atoms with Gasteiger partial charge in [0.15, 0.2) is 0 Å². The Hall–Kier alpha value is -2.74. The van der Waals surface area contributed by atoms with E-state index in [9.17, 15) is 23.1 Å². The van der Waals surface area contributed by atoms with Gasteiger partial charge in [0, 0.05) is 24.5 Å². The number of β-amino-alcohol motifs (C(OH)–C–C–N with tert-alkyl or cyclic N) is 1. The molecular formula is C19H19F3N2O3. The van der Waals surface area contributed by atoms with Crippen LogP contribution < -0.4 is 15.0 Å². The number of aliphatic hydroxyl groups is 1. The van der Waals surface area contributed by atoms with Crippen LogP contribution in [-0.2, 0) is 0 Å². The molecule has 0 bridgehead atoms. The number of halogens is 3. The average molecular weight is 380 g/mol. The minimum atomic E-state index is -4.76. The number of anilines is 2. The molecule has 1 aliphatic rings. The van der Waals surface area contributed by atoms with E-state index in [1.165, 1.54) is 12.1 Å². The number of hydrogen-bond acceptors (Lipinski definition) is 4. The Morgan fingerprint density at radius 2 is 1.85 bits per heavy atom. The zero-order chi connectivity index (χ0) is 19.7. The minimum Gasteiger partial charge on any atom is -0.406 e. The van der Waals surface area contributed by atoms with Crippen LogP contribution in [0.15, 0.2) is 48.5 Å². The molecule has 0 saturated carbocycles. The number of ether oxygens (including phenoxy) is 1. The Morgan fingerprint density at radius 3 is 2.44 bits per heavy atom. The molecule has 0 aromatic heterocycles. The summed E-state index contributed by atoms with van der Waals surface area (Å²) in [7, 11) is 0. The van der Waals surface area contributed by atoms with Gasteiger partial charge in [0.05, 0.1) is 11.2 Å². The van der Waals surface area contributed by atoms with Crippen molar-refractivity contribution in [3.8, 4) is 5.75 Å². The van der Waals surface area contributed by atoms with Gasteiger partial charge in [0.2, 0.25) is 0 Å². The van der Waals surface area contributed by atoms with Crippen molar-refractivity contribution in [2.24, 2.45) is 0 Å². The summed E-state index contributed by atoms with van der Waals surface area (Å²) in [5.74, 6) is -0.748. The van der Waals surface area contributed by atoms with E-state index < -0.39 is 12.0 Å². The zero-order valence-electron chi connectivity index (χ0n) is 14.6. The predicted octanol–water partition coefficient (Wildman–Crippen LogP) is 3.80. The summed E-state index contributed by atoms with van der Waals surface area (Å²) in [6, 6.07) is 11.9. The van der Waals surface area contributed by atoms with Crippen LogP contribution in [0.5, 0.6) is 5.75 Å². The summed E-state index contributed by atoms with van der Waals surface area (Å²) >= 11 is 0. The summed E-state index contributed by atoms with van der Waals surface area (Å²) in [6.45, 7) is 2.79. The van der Waals surface area contributed by atoms with Gasteiger partial charge in [-0.1, -0.05) is 12.1 Å². The summed E-state index contributed by atoms with van der Waals surface area (Å²) in [4.78, 5) is 14.6. The van der Waals surface area contributed by atoms with Crippen LogP contribution >= 0.6 is 0 Å². The van der Waals surface area contributed by atoms with E-state index in [2.05, 4.69) is 10.1 Å². The molecule has 2 aromatic rings. The largest absolute Gasteiger partial charge is 0.573 e. The first-order valence-electron chi connectivity index (χ1n) is 8.36. The number of benzene rings is 2. The number of rotatable bonds is 4.